The van der Waals surface area contributed by atoms with Crippen LogP contribution in [0.5, 0.6) is 0 Å². The third-order valence-electron chi connectivity index (χ3n) is 1.51. The lowest BCUT2D eigenvalue weighted by atomic mass is 10.2. The second-order valence-electron chi connectivity index (χ2n) is 2.43. The van der Waals surface area contributed by atoms with E-state index in [1.165, 1.54) is 0 Å². The third kappa shape index (κ3) is 3.20. The number of rotatable bonds is 3. The van der Waals surface area contributed by atoms with Crippen molar-refractivity contribution in [2.24, 2.45) is 5.84 Å². The molecule has 0 spiro atoms. The molecule has 0 unspecified atom stereocenters. The minimum atomic E-state index is -0.318. The van der Waals surface area contributed by atoms with Crippen LogP contribution in [0.1, 0.15) is 17.3 Å². The van der Waals surface area contributed by atoms with Crippen LogP contribution in [0.4, 0.5) is 5.82 Å². The molecule has 0 atom stereocenters. The monoisotopic (exact) mass is 216 g/mol. The zero-order chi connectivity index (χ0) is 9.68. The van der Waals surface area contributed by atoms with Crippen LogP contribution in [-0.4, -0.2) is 17.4 Å². The Morgan fingerprint density at radius 1 is 1.64 bits per heavy atom. The zero-order valence-electron chi connectivity index (χ0n) is 7.78. The molecule has 0 aromatic carbocycles. The number of aromatic nitrogens is 1. The Morgan fingerprint density at radius 3 is 2.93 bits per heavy atom. The molecule has 0 saturated heterocycles. The fourth-order valence-electron chi connectivity index (χ4n) is 0.933. The number of carbonyl (C=O) groups excluding carboxylic acids is 1. The van der Waals surface area contributed by atoms with Gasteiger partial charge in [-0.15, -0.1) is 12.4 Å². The summed E-state index contributed by atoms with van der Waals surface area (Å²) in [5, 5.41) is 2.99. The van der Waals surface area contributed by atoms with E-state index < -0.39 is 0 Å². The molecule has 0 aliphatic carbocycles. The van der Waals surface area contributed by atoms with Gasteiger partial charge in [0.15, 0.2) is 0 Å². The van der Waals surface area contributed by atoms with Crippen LogP contribution < -0.4 is 16.6 Å². The van der Waals surface area contributed by atoms with Crippen molar-refractivity contribution < 1.29 is 4.79 Å². The highest BCUT2D eigenvalue weighted by molar-refractivity contribution is 5.94. The molecule has 0 fully saturated rings. The lowest BCUT2D eigenvalue weighted by Crippen LogP contribution is -2.30. The number of nitrogens with zero attached hydrogens (tertiary/aromatic N) is 1. The molecule has 1 amide bonds. The first-order valence-corrected chi connectivity index (χ1v) is 3.98. The van der Waals surface area contributed by atoms with Gasteiger partial charge in [0.25, 0.3) is 5.91 Å². The van der Waals surface area contributed by atoms with Gasteiger partial charge in [0.05, 0.1) is 0 Å². The number of nitrogen functional groups attached to an aromatic ring is 1. The molecule has 0 saturated carbocycles. The van der Waals surface area contributed by atoms with Gasteiger partial charge in [0, 0.05) is 18.3 Å². The van der Waals surface area contributed by atoms with E-state index in [4.69, 9.17) is 5.84 Å². The lowest BCUT2D eigenvalue weighted by molar-refractivity contribution is 0.0953. The van der Waals surface area contributed by atoms with Crippen molar-refractivity contribution in [3.63, 3.8) is 0 Å². The molecule has 0 aliphatic rings. The van der Waals surface area contributed by atoms with Crippen LogP contribution in [0.15, 0.2) is 18.3 Å². The van der Waals surface area contributed by atoms with Gasteiger partial charge in [-0.1, -0.05) is 0 Å². The number of hydrogen-bond donors (Lipinski definition) is 3. The first kappa shape index (κ1) is 12.7. The SMILES string of the molecule is CCNc1cc(C(=O)NN)ccn1.Cl. The summed E-state index contributed by atoms with van der Waals surface area (Å²) in [5.74, 6) is 5.34. The Hall–Kier alpha value is -1.33. The summed E-state index contributed by atoms with van der Waals surface area (Å²) in [7, 11) is 0. The van der Waals surface area contributed by atoms with Gasteiger partial charge in [-0.05, 0) is 19.1 Å². The summed E-state index contributed by atoms with van der Waals surface area (Å²) in [6.45, 7) is 2.72. The van der Waals surface area contributed by atoms with E-state index in [2.05, 4.69) is 15.7 Å². The maximum atomic E-state index is 11.1. The molecular weight excluding hydrogens is 204 g/mol. The summed E-state index contributed by atoms with van der Waals surface area (Å²) < 4.78 is 0. The first-order chi connectivity index (χ1) is 6.27. The van der Waals surface area contributed by atoms with Crippen molar-refractivity contribution in [1.82, 2.24) is 10.4 Å². The molecule has 5 nitrogen and oxygen atoms in total. The molecule has 1 rings (SSSR count). The smallest absolute Gasteiger partial charge is 0.265 e. The highest BCUT2D eigenvalue weighted by Gasteiger charge is 2.03. The molecule has 0 aliphatic heterocycles. The molecule has 6 heteroatoms. The van der Waals surface area contributed by atoms with Gasteiger partial charge in [-0.2, -0.15) is 0 Å². The largest absolute Gasteiger partial charge is 0.370 e. The van der Waals surface area contributed by atoms with Gasteiger partial charge in [0.2, 0.25) is 0 Å². The van der Waals surface area contributed by atoms with E-state index in [1.54, 1.807) is 18.3 Å². The van der Waals surface area contributed by atoms with E-state index in [0.717, 1.165) is 6.54 Å². The Labute approximate surface area is 88.5 Å². The number of hydrazine groups is 1. The van der Waals surface area contributed by atoms with Gasteiger partial charge < -0.3 is 5.32 Å². The molecule has 0 radical (unpaired) electrons. The molecule has 4 N–H and O–H groups in total. The van der Waals surface area contributed by atoms with Crippen molar-refractivity contribution in [3.8, 4) is 0 Å². The molecule has 1 aromatic rings. The van der Waals surface area contributed by atoms with Crippen molar-refractivity contribution in [1.29, 1.82) is 0 Å². The predicted octanol–water partition coefficient (Wildman–Crippen LogP) is 0.539. The van der Waals surface area contributed by atoms with Crippen LogP contribution in [-0.2, 0) is 0 Å². The minimum Gasteiger partial charge on any atom is -0.370 e. The average molecular weight is 217 g/mol. The van der Waals surface area contributed by atoms with Crippen molar-refractivity contribution in [3.05, 3.63) is 23.9 Å². The molecular formula is C8H13ClN4O. The molecule has 14 heavy (non-hydrogen) atoms. The van der Waals surface area contributed by atoms with Crippen molar-refractivity contribution >= 4 is 24.1 Å². The number of carbonyl (C=O) groups is 1. The number of hydrogen-bond acceptors (Lipinski definition) is 4. The van der Waals surface area contributed by atoms with Gasteiger partial charge in [-0.3, -0.25) is 10.2 Å². The van der Waals surface area contributed by atoms with E-state index in [9.17, 15) is 4.79 Å². The maximum Gasteiger partial charge on any atom is 0.265 e. The van der Waals surface area contributed by atoms with Crippen LogP contribution >= 0.6 is 12.4 Å². The van der Waals surface area contributed by atoms with Crippen LogP contribution in [0, 0.1) is 0 Å². The highest BCUT2D eigenvalue weighted by atomic mass is 35.5. The van der Waals surface area contributed by atoms with Crippen LogP contribution in [0.25, 0.3) is 0 Å². The fraction of sp³-hybridized carbons (Fsp3) is 0.250. The third-order valence-corrected chi connectivity index (χ3v) is 1.51. The Morgan fingerprint density at radius 2 is 2.36 bits per heavy atom. The number of nitrogens with two attached hydrogens (primary N) is 1. The predicted molar refractivity (Wildman–Crippen MR) is 57.3 cm³/mol. The molecule has 78 valence electrons. The van der Waals surface area contributed by atoms with Crippen LogP contribution in [0.2, 0.25) is 0 Å². The van der Waals surface area contributed by atoms with E-state index in [0.29, 0.717) is 11.4 Å². The summed E-state index contributed by atoms with van der Waals surface area (Å²) in [6.07, 6.45) is 1.56. The fourth-order valence-corrected chi connectivity index (χ4v) is 0.933. The Bertz CT molecular complexity index is 305. The second-order valence-corrected chi connectivity index (χ2v) is 2.43. The number of pyridine rings is 1. The quantitative estimate of drug-likeness (QED) is 0.391. The summed E-state index contributed by atoms with van der Waals surface area (Å²) >= 11 is 0. The molecule has 1 heterocycles. The summed E-state index contributed by atoms with van der Waals surface area (Å²) in [4.78, 5) is 15.1. The van der Waals surface area contributed by atoms with Crippen LogP contribution in [0.3, 0.4) is 0 Å². The topological polar surface area (TPSA) is 80.0 Å². The maximum absolute atomic E-state index is 11.1. The standard InChI is InChI=1S/C8H12N4O.ClH/c1-2-10-7-5-6(3-4-11-7)8(13)12-9;/h3-5H,2,9H2,1H3,(H,10,11)(H,12,13);1H. The zero-order valence-corrected chi connectivity index (χ0v) is 8.60. The number of halogens is 1. The van der Waals surface area contributed by atoms with Gasteiger partial charge in [0.1, 0.15) is 5.82 Å². The lowest BCUT2D eigenvalue weighted by Gasteiger charge is -2.03. The number of nitrogens with one attached hydrogen (secondary N) is 2. The average Bonchev–Trinajstić information content (AvgIpc) is 2.18. The van der Waals surface area contributed by atoms with E-state index in [-0.39, 0.29) is 18.3 Å². The Balaban J connectivity index is 0.00000169. The Kier molecular flexibility index (Phi) is 5.59. The van der Waals surface area contributed by atoms with E-state index in [1.807, 2.05) is 6.92 Å². The van der Waals surface area contributed by atoms with Gasteiger partial charge >= 0.3 is 0 Å². The first-order valence-electron chi connectivity index (χ1n) is 3.98. The number of anilines is 1. The highest BCUT2D eigenvalue weighted by Crippen LogP contribution is 2.05. The van der Waals surface area contributed by atoms with Gasteiger partial charge in [-0.25, -0.2) is 10.8 Å². The molecule has 0 bridgehead atoms. The van der Waals surface area contributed by atoms with Crippen molar-refractivity contribution in [2.75, 3.05) is 11.9 Å². The minimum absolute atomic E-state index is 0. The molecule has 1 aromatic heterocycles. The van der Waals surface area contributed by atoms with E-state index >= 15 is 0 Å². The number of amides is 1. The van der Waals surface area contributed by atoms with Crippen molar-refractivity contribution in [2.45, 2.75) is 6.92 Å². The summed E-state index contributed by atoms with van der Waals surface area (Å²) in [6, 6.07) is 3.24. The summed E-state index contributed by atoms with van der Waals surface area (Å²) in [5.41, 5.74) is 2.55. The normalized spacial score (nSPS) is 8.71. The second kappa shape index (κ2) is 6.17.